The molecule has 3 N–H and O–H groups in total. The number of imidazole rings is 1. The first-order chi connectivity index (χ1) is 11.3. The molecule has 0 saturated heterocycles. The van der Waals surface area contributed by atoms with Crippen molar-refractivity contribution < 1.29 is 22.7 Å². The van der Waals surface area contributed by atoms with Crippen molar-refractivity contribution in [3.05, 3.63) is 41.5 Å². The summed E-state index contributed by atoms with van der Waals surface area (Å²) in [4.78, 5) is 3.95. The van der Waals surface area contributed by atoms with Crippen LogP contribution in [0.2, 0.25) is 0 Å². The fourth-order valence-corrected chi connectivity index (χ4v) is 2.25. The number of aryl methyl sites for hydroxylation is 1. The Balaban J connectivity index is 0.00000100. The zero-order valence-corrected chi connectivity index (χ0v) is 13.2. The van der Waals surface area contributed by atoms with Crippen molar-refractivity contribution in [2.45, 2.75) is 13.8 Å². The van der Waals surface area contributed by atoms with E-state index >= 15 is 0 Å². The molecule has 0 radical (unpaired) electrons. The highest BCUT2D eigenvalue weighted by molar-refractivity contribution is 5.82. The van der Waals surface area contributed by atoms with Crippen molar-refractivity contribution in [3.8, 4) is 17.1 Å². The van der Waals surface area contributed by atoms with E-state index in [9.17, 15) is 22.7 Å². The minimum Gasteiger partial charge on any atom is -0.508 e. The number of benzene rings is 2. The zero-order valence-electron chi connectivity index (χ0n) is 13.2. The molecule has 3 rings (SSSR count). The van der Waals surface area contributed by atoms with Gasteiger partial charge in [0.15, 0.2) is 23.3 Å². The van der Waals surface area contributed by atoms with Crippen LogP contribution in [0.4, 0.5) is 23.2 Å². The molecule has 8 heteroatoms. The first-order valence-corrected chi connectivity index (χ1v) is 7.10. The first-order valence-electron chi connectivity index (χ1n) is 7.10. The van der Waals surface area contributed by atoms with Crippen LogP contribution in [0.3, 0.4) is 0 Å². The molecule has 0 spiro atoms. The molecule has 2 aromatic carbocycles. The van der Waals surface area contributed by atoms with Crippen molar-refractivity contribution in [3.63, 3.8) is 0 Å². The number of nitrogens with two attached hydrogens (primary N) is 1. The number of aromatic hydroxyl groups is 1. The number of phenolic OH excluding ortho intramolecular Hbond substituents is 1. The summed E-state index contributed by atoms with van der Waals surface area (Å²) in [6.07, 6.45) is 0. The number of fused-ring (bicyclic) bond motifs is 1. The number of rotatable bonds is 1. The Bertz CT molecular complexity index is 893. The van der Waals surface area contributed by atoms with Crippen molar-refractivity contribution >= 4 is 16.7 Å². The Morgan fingerprint density at radius 1 is 1.00 bits per heavy atom. The second-order valence-electron chi connectivity index (χ2n) is 4.71. The van der Waals surface area contributed by atoms with E-state index in [4.69, 9.17) is 5.73 Å². The summed E-state index contributed by atoms with van der Waals surface area (Å²) in [7, 11) is 1.40. The monoisotopic (exact) mass is 341 g/mol. The first kappa shape index (κ1) is 17.6. The van der Waals surface area contributed by atoms with Crippen LogP contribution in [0.1, 0.15) is 13.8 Å². The maximum Gasteiger partial charge on any atom is 0.185 e. The predicted octanol–water partition coefficient (Wildman–Crippen LogP) is 4.11. The zero-order chi connectivity index (χ0) is 18.2. The highest BCUT2D eigenvalue weighted by Gasteiger charge is 2.27. The van der Waals surface area contributed by atoms with Crippen LogP contribution in [0, 0.1) is 23.3 Å². The summed E-state index contributed by atoms with van der Waals surface area (Å²) in [5.74, 6) is -7.02. The molecule has 128 valence electrons. The maximum atomic E-state index is 14.0. The number of hydrogen-bond donors (Lipinski definition) is 2. The third kappa shape index (κ3) is 2.53. The molecule has 1 heterocycles. The van der Waals surface area contributed by atoms with E-state index in [2.05, 4.69) is 4.98 Å². The van der Waals surface area contributed by atoms with Crippen LogP contribution in [0.25, 0.3) is 22.4 Å². The van der Waals surface area contributed by atoms with Gasteiger partial charge in [-0.25, -0.2) is 22.5 Å². The predicted molar refractivity (Wildman–Crippen MR) is 83.4 cm³/mol. The summed E-state index contributed by atoms with van der Waals surface area (Å²) in [6, 6.07) is 4.05. The number of nitrogen functional groups attached to an aromatic ring is 1. The van der Waals surface area contributed by atoms with Gasteiger partial charge in [0.25, 0.3) is 0 Å². The van der Waals surface area contributed by atoms with Crippen LogP contribution in [0.5, 0.6) is 5.75 Å². The molecule has 0 amide bonds. The van der Waals surface area contributed by atoms with E-state index < -0.39 is 34.5 Å². The summed E-state index contributed by atoms with van der Waals surface area (Å²) < 4.78 is 56.4. The highest BCUT2D eigenvalue weighted by atomic mass is 19.2. The van der Waals surface area contributed by atoms with E-state index in [1.165, 1.54) is 29.8 Å². The molecule has 0 atom stereocenters. The van der Waals surface area contributed by atoms with Crippen LogP contribution in [0.15, 0.2) is 18.2 Å². The van der Waals surface area contributed by atoms with Gasteiger partial charge in [0.2, 0.25) is 0 Å². The molecule has 0 aliphatic heterocycles. The number of nitrogens with zero attached hydrogens (tertiary/aromatic N) is 2. The normalized spacial score (nSPS) is 10.6. The maximum absolute atomic E-state index is 14.0. The minimum atomic E-state index is -1.68. The fraction of sp³-hybridized carbons (Fsp3) is 0.188. The largest absolute Gasteiger partial charge is 0.508 e. The summed E-state index contributed by atoms with van der Waals surface area (Å²) in [5.41, 5.74) is 3.43. The van der Waals surface area contributed by atoms with Crippen LogP contribution in [-0.2, 0) is 7.05 Å². The van der Waals surface area contributed by atoms with Gasteiger partial charge in [-0.1, -0.05) is 13.8 Å². The van der Waals surface area contributed by atoms with Gasteiger partial charge in [0.1, 0.15) is 17.3 Å². The van der Waals surface area contributed by atoms with Crippen LogP contribution in [-0.4, -0.2) is 14.7 Å². The number of halogens is 4. The average molecular weight is 341 g/mol. The molecular weight excluding hydrogens is 326 g/mol. The third-order valence-electron chi connectivity index (χ3n) is 3.39. The lowest BCUT2D eigenvalue weighted by Gasteiger charge is -2.09. The van der Waals surface area contributed by atoms with Crippen molar-refractivity contribution in [1.82, 2.24) is 9.55 Å². The Kier molecular flexibility index (Phi) is 4.68. The summed E-state index contributed by atoms with van der Waals surface area (Å²) >= 11 is 0. The number of phenols is 1. The van der Waals surface area contributed by atoms with E-state index in [0.717, 1.165) is 0 Å². The molecule has 24 heavy (non-hydrogen) atoms. The third-order valence-corrected chi connectivity index (χ3v) is 3.39. The van der Waals surface area contributed by atoms with E-state index in [0.29, 0.717) is 11.0 Å². The SMILES string of the molecule is CC.Cn1c(-c2c(F)c(F)c(N)c(F)c2F)nc2ccc(O)cc21. The molecule has 0 aliphatic rings. The van der Waals surface area contributed by atoms with Gasteiger partial charge in [-0.3, -0.25) is 0 Å². The molecule has 4 nitrogen and oxygen atoms in total. The van der Waals surface area contributed by atoms with Gasteiger partial charge in [-0.2, -0.15) is 0 Å². The highest BCUT2D eigenvalue weighted by Crippen LogP contribution is 2.34. The van der Waals surface area contributed by atoms with Crippen LogP contribution < -0.4 is 5.73 Å². The second kappa shape index (κ2) is 6.38. The average Bonchev–Trinajstić information content (AvgIpc) is 2.90. The van der Waals surface area contributed by atoms with Gasteiger partial charge >= 0.3 is 0 Å². The minimum absolute atomic E-state index is 0.0855. The quantitative estimate of drug-likeness (QED) is 0.398. The Labute approximate surface area is 135 Å². The standard InChI is InChI=1S/C14H9F4N3O.C2H6/c1-21-7-4-5(22)2-3-6(7)20-14(21)8-9(15)11(17)13(19)12(18)10(8)16;1-2/h2-4,22H,19H2,1H3;1-2H3. The van der Waals surface area contributed by atoms with Crippen molar-refractivity contribution in [2.24, 2.45) is 7.05 Å². The van der Waals surface area contributed by atoms with Gasteiger partial charge in [0.05, 0.1) is 16.6 Å². The van der Waals surface area contributed by atoms with Crippen LogP contribution >= 0.6 is 0 Å². The van der Waals surface area contributed by atoms with Crippen molar-refractivity contribution in [2.75, 3.05) is 5.73 Å². The summed E-state index contributed by atoms with van der Waals surface area (Å²) in [6.45, 7) is 4.00. The topological polar surface area (TPSA) is 64.1 Å². The fourth-order valence-electron chi connectivity index (χ4n) is 2.25. The van der Waals surface area contributed by atoms with Gasteiger partial charge in [-0.05, 0) is 12.1 Å². The van der Waals surface area contributed by atoms with E-state index in [1.54, 1.807) is 0 Å². The van der Waals surface area contributed by atoms with Gasteiger partial charge < -0.3 is 15.4 Å². The van der Waals surface area contributed by atoms with E-state index in [1.807, 2.05) is 13.8 Å². The molecule has 1 aromatic heterocycles. The number of aromatic nitrogens is 2. The second-order valence-corrected chi connectivity index (χ2v) is 4.71. The lowest BCUT2D eigenvalue weighted by atomic mass is 10.1. The van der Waals surface area contributed by atoms with Gasteiger partial charge in [0, 0.05) is 13.1 Å². The van der Waals surface area contributed by atoms with E-state index in [-0.39, 0.29) is 11.6 Å². The van der Waals surface area contributed by atoms with Gasteiger partial charge in [-0.15, -0.1) is 0 Å². The Hall–Kier alpha value is -2.77. The molecular formula is C16H15F4N3O. The molecule has 0 saturated carbocycles. The molecule has 0 fully saturated rings. The number of hydrogen-bond acceptors (Lipinski definition) is 3. The molecule has 3 aromatic rings. The smallest absolute Gasteiger partial charge is 0.185 e. The molecule has 0 bridgehead atoms. The Morgan fingerprint density at radius 3 is 2.08 bits per heavy atom. The molecule has 0 unspecified atom stereocenters. The molecule has 0 aliphatic carbocycles. The number of anilines is 1. The Morgan fingerprint density at radius 2 is 1.54 bits per heavy atom. The van der Waals surface area contributed by atoms with Crippen molar-refractivity contribution in [1.29, 1.82) is 0 Å². The summed E-state index contributed by atoms with van der Waals surface area (Å²) in [5, 5.41) is 9.44. The lowest BCUT2D eigenvalue weighted by Crippen LogP contribution is -2.07. The lowest BCUT2D eigenvalue weighted by molar-refractivity contribution is 0.463.